The van der Waals surface area contributed by atoms with Crippen LogP contribution in [0, 0.1) is 0 Å². The highest BCUT2D eigenvalue weighted by molar-refractivity contribution is 5.85. The smallest absolute Gasteiger partial charge is 0.311 e. The minimum Gasteiger partial charge on any atom is -0.311 e. The van der Waals surface area contributed by atoms with E-state index in [0.29, 0.717) is 29.2 Å². The first-order valence-corrected chi connectivity index (χ1v) is 11.7. The molecule has 2 aliphatic heterocycles. The number of rotatable bonds is 6. The van der Waals surface area contributed by atoms with E-state index in [2.05, 4.69) is 40.6 Å². The van der Waals surface area contributed by atoms with Crippen molar-refractivity contribution < 1.29 is 0 Å². The van der Waals surface area contributed by atoms with Gasteiger partial charge < -0.3 is 4.57 Å². The van der Waals surface area contributed by atoms with Crippen LogP contribution in [0.15, 0.2) is 90.8 Å². The molecule has 0 radical (unpaired) electrons. The van der Waals surface area contributed by atoms with E-state index in [9.17, 15) is 4.79 Å². The van der Waals surface area contributed by atoms with E-state index in [4.69, 9.17) is 0 Å². The second-order valence-electron chi connectivity index (χ2n) is 8.56. The van der Waals surface area contributed by atoms with Gasteiger partial charge in [-0.1, -0.05) is 40.8 Å². The molecule has 0 saturated heterocycles. The summed E-state index contributed by atoms with van der Waals surface area (Å²) in [4.78, 5) is 30.9. The maximum absolute atomic E-state index is 13.0. The summed E-state index contributed by atoms with van der Waals surface area (Å²) < 4.78 is 6.80. The fourth-order valence-electron chi connectivity index (χ4n) is 4.50. The first-order valence-electron chi connectivity index (χ1n) is 11.7. The van der Waals surface area contributed by atoms with E-state index in [1.807, 2.05) is 53.1 Å². The van der Waals surface area contributed by atoms with Gasteiger partial charge in [-0.2, -0.15) is 4.98 Å². The van der Waals surface area contributed by atoms with E-state index in [1.54, 1.807) is 40.5 Å². The Labute approximate surface area is 214 Å². The highest BCUT2D eigenvalue weighted by atomic mass is 16.1. The predicted molar refractivity (Wildman–Crippen MR) is 135 cm³/mol. The summed E-state index contributed by atoms with van der Waals surface area (Å²) in [5, 5.41) is 15.9. The van der Waals surface area contributed by atoms with Gasteiger partial charge in [-0.3, -0.25) is 4.57 Å². The van der Waals surface area contributed by atoms with Crippen molar-refractivity contribution in [2.45, 2.75) is 13.1 Å². The third kappa shape index (κ3) is 3.69. The number of fused-ring (bicyclic) bond motifs is 3. The number of aromatic nitrogens is 12. The van der Waals surface area contributed by atoms with Gasteiger partial charge in [0.25, 0.3) is 0 Å². The van der Waals surface area contributed by atoms with Crippen LogP contribution in [0.3, 0.4) is 0 Å². The molecule has 5 heterocycles. The summed E-state index contributed by atoms with van der Waals surface area (Å²) in [6.07, 6.45) is 9.93. The van der Waals surface area contributed by atoms with Crippen LogP contribution in [0.4, 0.5) is 0 Å². The fourth-order valence-corrected chi connectivity index (χ4v) is 4.50. The number of benzene rings is 2. The number of para-hydroxylation sites is 1. The predicted octanol–water partition coefficient (Wildman–Crippen LogP) is 1.75. The van der Waals surface area contributed by atoms with Gasteiger partial charge in [-0.15, -0.1) is 10.2 Å². The van der Waals surface area contributed by atoms with Crippen LogP contribution in [-0.4, -0.2) is 59.1 Å². The molecule has 38 heavy (non-hydrogen) atoms. The highest BCUT2D eigenvalue weighted by Gasteiger charge is 2.21. The molecule has 0 amide bonds. The van der Waals surface area contributed by atoms with Crippen molar-refractivity contribution in [3.63, 3.8) is 0 Å². The lowest BCUT2D eigenvalue weighted by Gasteiger charge is -2.09. The maximum Gasteiger partial charge on any atom is 0.350 e. The molecule has 0 N–H and O–H groups in total. The van der Waals surface area contributed by atoms with Crippen LogP contribution in [0.1, 0.15) is 11.1 Å². The normalized spacial score (nSPS) is 11.5. The van der Waals surface area contributed by atoms with Crippen molar-refractivity contribution in [3.05, 3.63) is 108 Å². The van der Waals surface area contributed by atoms with Crippen molar-refractivity contribution >= 4 is 11.2 Å². The zero-order valence-electron chi connectivity index (χ0n) is 19.8. The van der Waals surface area contributed by atoms with Crippen molar-refractivity contribution in [3.8, 4) is 22.9 Å². The molecule has 5 aromatic rings. The molecule has 0 fully saturated rings. The van der Waals surface area contributed by atoms with Crippen LogP contribution in [0.5, 0.6) is 0 Å². The lowest BCUT2D eigenvalue weighted by atomic mass is 10.2. The molecule has 3 aromatic heterocycles. The Bertz CT molecular complexity index is 1900. The number of hydrogen-bond donors (Lipinski definition) is 0. The lowest BCUT2D eigenvalue weighted by molar-refractivity contribution is 0.752. The molecule has 0 aliphatic carbocycles. The largest absolute Gasteiger partial charge is 0.350 e. The monoisotopic (exact) mass is 502 g/mol. The van der Waals surface area contributed by atoms with Gasteiger partial charge in [-0.25, -0.2) is 29.1 Å². The molecule has 2 aliphatic rings. The third-order valence-electron chi connectivity index (χ3n) is 6.24. The molecule has 2 aromatic carbocycles. The Hall–Kier alpha value is -5.59. The zero-order chi connectivity index (χ0) is 25.5. The Morgan fingerprint density at radius 2 is 1.66 bits per heavy atom. The highest BCUT2D eigenvalue weighted by Crippen LogP contribution is 2.25. The van der Waals surface area contributed by atoms with Gasteiger partial charge in [0.05, 0.1) is 55.6 Å². The van der Waals surface area contributed by atoms with Crippen molar-refractivity contribution in [1.82, 2.24) is 59.1 Å². The van der Waals surface area contributed by atoms with Crippen molar-refractivity contribution in [2.75, 3.05) is 0 Å². The first-order chi connectivity index (χ1) is 18.7. The van der Waals surface area contributed by atoms with Crippen molar-refractivity contribution in [2.24, 2.45) is 0 Å². The van der Waals surface area contributed by atoms with Gasteiger partial charge in [0, 0.05) is 0 Å². The second kappa shape index (κ2) is 8.81. The molecular weight excluding hydrogens is 484 g/mol. The van der Waals surface area contributed by atoms with Crippen LogP contribution >= 0.6 is 0 Å². The number of hydrogen-bond acceptors (Lipinski definition) is 9. The molecule has 13 heteroatoms. The summed E-state index contributed by atoms with van der Waals surface area (Å²) in [6, 6.07) is 15.6. The topological polar surface area (TPSA) is 140 Å². The van der Waals surface area contributed by atoms with Crippen LogP contribution in [0.2, 0.25) is 0 Å². The molecule has 0 atom stereocenters. The fraction of sp³-hybridized carbons (Fsp3) is 0.0800. The summed E-state index contributed by atoms with van der Waals surface area (Å²) >= 11 is 0. The van der Waals surface area contributed by atoms with Crippen molar-refractivity contribution in [1.29, 1.82) is 0 Å². The molecule has 0 spiro atoms. The molecule has 0 bridgehead atoms. The molecular formula is C25H18N12O. The Balaban J connectivity index is 1.25. The summed E-state index contributed by atoms with van der Waals surface area (Å²) in [5.41, 5.74) is 4.69. The number of nitrogens with zero attached hydrogens (tertiary/aromatic N) is 12. The SMILES string of the molecule is O=c1nc2c3ncn(Cc4ccccc4-n4ccnn4)c3ncnc-2n1Cc1cccc(-n2ccnn2)c1. The molecule has 7 rings (SSSR count). The summed E-state index contributed by atoms with van der Waals surface area (Å²) in [5.74, 6) is 0.414. The van der Waals surface area contributed by atoms with Crippen LogP contribution in [-0.2, 0) is 13.1 Å². The van der Waals surface area contributed by atoms with E-state index in [-0.39, 0.29) is 6.54 Å². The molecule has 184 valence electrons. The van der Waals surface area contributed by atoms with Crippen LogP contribution in [0.25, 0.3) is 34.1 Å². The number of imidazole rings is 2. The van der Waals surface area contributed by atoms with Gasteiger partial charge in [0.1, 0.15) is 17.5 Å². The average Bonchev–Trinajstić information content (AvgIpc) is 3.74. The first kappa shape index (κ1) is 21.7. The summed E-state index contributed by atoms with van der Waals surface area (Å²) in [7, 11) is 0. The van der Waals surface area contributed by atoms with Gasteiger partial charge in [-0.05, 0) is 29.3 Å². The van der Waals surface area contributed by atoms with E-state index >= 15 is 0 Å². The van der Waals surface area contributed by atoms with E-state index in [0.717, 1.165) is 22.5 Å². The average molecular weight is 503 g/mol. The summed E-state index contributed by atoms with van der Waals surface area (Å²) in [6.45, 7) is 0.757. The molecule has 0 unspecified atom stereocenters. The minimum absolute atomic E-state index is 0.280. The second-order valence-corrected chi connectivity index (χ2v) is 8.56. The Morgan fingerprint density at radius 3 is 2.50 bits per heavy atom. The molecule has 0 saturated carbocycles. The Kier molecular flexibility index (Phi) is 5.03. The Morgan fingerprint density at radius 1 is 0.816 bits per heavy atom. The zero-order valence-corrected chi connectivity index (χ0v) is 19.8. The minimum atomic E-state index is -0.405. The van der Waals surface area contributed by atoms with Gasteiger partial charge in [0.15, 0.2) is 11.5 Å². The lowest BCUT2D eigenvalue weighted by Crippen LogP contribution is -2.18. The van der Waals surface area contributed by atoms with Gasteiger partial charge >= 0.3 is 5.69 Å². The quantitative estimate of drug-likeness (QED) is 0.333. The standard InChI is InChI=1S/C25H18N12O/c38-25-31-22-21-23(34(16-28-21)14-18-5-1-2-7-20(18)37-11-9-30-33-37)26-15-27-24(22)35(25)13-17-4-3-6-19(12-17)36-10-8-29-32-36/h1-12,15-16H,13-14H2. The van der Waals surface area contributed by atoms with Gasteiger partial charge in [0.2, 0.25) is 0 Å². The van der Waals surface area contributed by atoms with E-state index < -0.39 is 5.69 Å². The third-order valence-corrected chi connectivity index (χ3v) is 6.24. The maximum atomic E-state index is 13.0. The van der Waals surface area contributed by atoms with Crippen LogP contribution < -0.4 is 5.69 Å². The molecule has 13 nitrogen and oxygen atoms in total. The van der Waals surface area contributed by atoms with E-state index in [1.165, 1.54) is 10.9 Å².